The van der Waals surface area contributed by atoms with E-state index in [-0.39, 0.29) is 17.6 Å². The second-order valence-electron chi connectivity index (χ2n) is 9.16. The number of benzene rings is 1. The van der Waals surface area contributed by atoms with Crippen molar-refractivity contribution < 1.29 is 9.59 Å². The van der Waals surface area contributed by atoms with E-state index in [0.29, 0.717) is 29.9 Å². The van der Waals surface area contributed by atoms with Crippen molar-refractivity contribution in [1.82, 2.24) is 14.8 Å². The molecule has 1 N–H and O–H groups in total. The number of hydrogen-bond acceptors (Lipinski definition) is 5. The van der Waals surface area contributed by atoms with Gasteiger partial charge in [0.1, 0.15) is 5.82 Å². The molecule has 172 valence electrons. The molecular weight excluding hydrogens is 426 g/mol. The Labute approximate surface area is 198 Å². The van der Waals surface area contributed by atoms with Crippen LogP contribution in [-0.2, 0) is 16.6 Å². The van der Waals surface area contributed by atoms with Crippen LogP contribution >= 0.6 is 0 Å². The van der Waals surface area contributed by atoms with E-state index in [1.807, 2.05) is 57.4 Å². The van der Waals surface area contributed by atoms with E-state index in [0.717, 1.165) is 22.4 Å². The Bertz CT molecular complexity index is 1320. The molecule has 34 heavy (non-hydrogen) atoms. The van der Waals surface area contributed by atoms with Gasteiger partial charge in [-0.3, -0.25) is 19.3 Å². The van der Waals surface area contributed by atoms with Crippen molar-refractivity contribution in [2.45, 2.75) is 38.5 Å². The lowest BCUT2D eigenvalue weighted by Gasteiger charge is -2.36. The summed E-state index contributed by atoms with van der Waals surface area (Å²) in [5.41, 5.74) is 5.10. The average molecular weight is 454 g/mol. The highest BCUT2D eigenvalue weighted by Gasteiger charge is 2.44. The molecule has 3 unspecified atom stereocenters. The first kappa shape index (κ1) is 21.9. The topological polar surface area (TPSA) is 89.2 Å². The Balaban J connectivity index is 1.54. The van der Waals surface area contributed by atoms with Crippen molar-refractivity contribution in [3.63, 3.8) is 0 Å². The van der Waals surface area contributed by atoms with Crippen molar-refractivity contribution in [3.8, 4) is 0 Å². The largest absolute Gasteiger partial charge is 0.310 e. The van der Waals surface area contributed by atoms with Crippen molar-refractivity contribution in [2.75, 3.05) is 5.32 Å². The van der Waals surface area contributed by atoms with E-state index in [4.69, 9.17) is 4.99 Å². The molecule has 0 saturated carbocycles. The predicted octanol–water partition coefficient (Wildman–Crippen LogP) is 4.34. The minimum absolute atomic E-state index is 0.0479. The van der Waals surface area contributed by atoms with Gasteiger partial charge in [-0.1, -0.05) is 30.3 Å². The van der Waals surface area contributed by atoms with Gasteiger partial charge in [0.2, 0.25) is 5.91 Å². The van der Waals surface area contributed by atoms with Gasteiger partial charge in [0, 0.05) is 48.8 Å². The number of carbonyl (C=O) groups is 2. The number of hydrogen-bond donors (Lipinski definition) is 1. The molecule has 3 atom stereocenters. The molecule has 5 rings (SSSR count). The number of amides is 1. The molecule has 3 heterocycles. The summed E-state index contributed by atoms with van der Waals surface area (Å²) in [6.45, 7) is 3.82. The second-order valence-corrected chi connectivity index (χ2v) is 9.16. The summed E-state index contributed by atoms with van der Waals surface area (Å²) in [6.07, 6.45) is 6.38. The fourth-order valence-electron chi connectivity index (χ4n) is 5.13. The molecule has 2 aromatic heterocycles. The third-order valence-electron chi connectivity index (χ3n) is 6.69. The highest BCUT2D eigenvalue weighted by molar-refractivity contribution is 6.13. The minimum Gasteiger partial charge on any atom is -0.310 e. The molecule has 3 aromatic rings. The molecule has 2 aliphatic rings. The second kappa shape index (κ2) is 8.82. The number of carbonyl (C=O) groups excluding carboxylic acids is 2. The maximum Gasteiger partial charge on any atom is 0.235 e. The molecule has 0 radical (unpaired) electrons. The summed E-state index contributed by atoms with van der Waals surface area (Å²) in [6, 6.07) is 13.8. The van der Waals surface area contributed by atoms with Crippen LogP contribution in [0.5, 0.6) is 0 Å². The van der Waals surface area contributed by atoms with Crippen LogP contribution in [0.1, 0.15) is 48.3 Å². The van der Waals surface area contributed by atoms with E-state index in [1.54, 1.807) is 17.1 Å². The number of nitrogens with zero attached hydrogens (tertiary/aromatic N) is 4. The van der Waals surface area contributed by atoms with Crippen molar-refractivity contribution in [2.24, 2.45) is 18.0 Å². The van der Waals surface area contributed by atoms with Gasteiger partial charge in [0.25, 0.3) is 0 Å². The normalized spacial score (nSPS) is 22.3. The fraction of sp³-hybridized carbons (Fsp3) is 0.296. The Hall–Kier alpha value is -3.87. The van der Waals surface area contributed by atoms with Crippen LogP contribution in [0.25, 0.3) is 0 Å². The zero-order valence-corrected chi connectivity index (χ0v) is 19.5. The third kappa shape index (κ3) is 4.09. The molecule has 0 spiro atoms. The van der Waals surface area contributed by atoms with Gasteiger partial charge in [0.15, 0.2) is 5.78 Å². The number of anilines is 1. The number of pyridine rings is 1. The third-order valence-corrected chi connectivity index (χ3v) is 6.69. The maximum atomic E-state index is 13.6. The van der Waals surface area contributed by atoms with Crippen molar-refractivity contribution in [1.29, 1.82) is 0 Å². The molecule has 7 heteroatoms. The lowest BCUT2D eigenvalue weighted by molar-refractivity contribution is -0.119. The van der Waals surface area contributed by atoms with Gasteiger partial charge in [-0.25, -0.2) is 4.98 Å². The van der Waals surface area contributed by atoms with E-state index in [2.05, 4.69) is 27.5 Å². The van der Waals surface area contributed by atoms with Crippen LogP contribution < -0.4 is 5.32 Å². The summed E-state index contributed by atoms with van der Waals surface area (Å²) in [5, 5.41) is 7.27. The molecule has 1 aliphatic carbocycles. The number of rotatable bonds is 4. The highest BCUT2D eigenvalue weighted by atomic mass is 16.2. The summed E-state index contributed by atoms with van der Waals surface area (Å²) in [5.74, 6) is -0.663. The van der Waals surface area contributed by atoms with Gasteiger partial charge >= 0.3 is 0 Å². The van der Waals surface area contributed by atoms with Crippen molar-refractivity contribution in [3.05, 3.63) is 89.0 Å². The van der Waals surface area contributed by atoms with Gasteiger partial charge in [-0.15, -0.1) is 0 Å². The van der Waals surface area contributed by atoms with Crippen LogP contribution in [0.2, 0.25) is 0 Å². The Morgan fingerprint density at radius 3 is 2.59 bits per heavy atom. The number of aliphatic imine (C=N–C) groups is 1. The van der Waals surface area contributed by atoms with Gasteiger partial charge in [-0.2, -0.15) is 5.10 Å². The molecule has 1 aromatic carbocycles. The van der Waals surface area contributed by atoms with Crippen LogP contribution in [-0.4, -0.2) is 32.2 Å². The van der Waals surface area contributed by atoms with Crippen LogP contribution in [0.3, 0.4) is 0 Å². The summed E-state index contributed by atoms with van der Waals surface area (Å²) in [4.78, 5) is 36.3. The first-order chi connectivity index (χ1) is 16.4. The predicted molar refractivity (Wildman–Crippen MR) is 131 cm³/mol. The monoisotopic (exact) mass is 453 g/mol. The number of aromatic nitrogens is 3. The quantitative estimate of drug-likeness (QED) is 0.636. The van der Waals surface area contributed by atoms with Gasteiger partial charge in [0.05, 0.1) is 12.1 Å². The van der Waals surface area contributed by atoms with E-state index in [9.17, 15) is 9.59 Å². The SMILES string of the molecule is CC1=NC2=C(C(=O)CC(c3ccccc3)C2)C(c2cnn(C)c2)C1C(=O)Nc1cc(C)ccn1. The minimum atomic E-state index is -0.623. The van der Waals surface area contributed by atoms with Crippen LogP contribution in [0.15, 0.2) is 77.3 Å². The van der Waals surface area contributed by atoms with E-state index < -0.39 is 11.8 Å². The number of nitrogens with one attached hydrogen (secondary N) is 1. The smallest absolute Gasteiger partial charge is 0.235 e. The molecule has 1 aliphatic heterocycles. The summed E-state index contributed by atoms with van der Waals surface area (Å²) < 4.78 is 1.70. The van der Waals surface area contributed by atoms with Crippen LogP contribution in [0.4, 0.5) is 5.82 Å². The molecule has 0 fully saturated rings. The lowest BCUT2D eigenvalue weighted by atomic mass is 9.69. The molecule has 7 nitrogen and oxygen atoms in total. The summed E-state index contributed by atoms with van der Waals surface area (Å²) in [7, 11) is 1.84. The first-order valence-electron chi connectivity index (χ1n) is 11.5. The molecule has 0 bridgehead atoms. The zero-order valence-electron chi connectivity index (χ0n) is 19.5. The molecule has 1 amide bonds. The average Bonchev–Trinajstić information content (AvgIpc) is 3.24. The van der Waals surface area contributed by atoms with Gasteiger partial charge in [-0.05, 0) is 55.0 Å². The van der Waals surface area contributed by atoms with Crippen LogP contribution in [0, 0.1) is 12.8 Å². The maximum absolute atomic E-state index is 13.6. The van der Waals surface area contributed by atoms with Crippen molar-refractivity contribution >= 4 is 23.2 Å². The lowest BCUT2D eigenvalue weighted by Crippen LogP contribution is -2.39. The number of aryl methyl sites for hydroxylation is 2. The number of Topliss-reactive ketones (excluding diaryl/α,β-unsaturated/α-hetero) is 1. The Morgan fingerprint density at radius 2 is 1.88 bits per heavy atom. The van der Waals surface area contributed by atoms with Gasteiger partial charge < -0.3 is 5.32 Å². The number of allylic oxidation sites excluding steroid dienone is 2. The fourth-order valence-corrected chi connectivity index (χ4v) is 5.13. The Kier molecular flexibility index (Phi) is 5.69. The molecule has 0 saturated heterocycles. The first-order valence-corrected chi connectivity index (χ1v) is 11.5. The van der Waals surface area contributed by atoms with E-state index in [1.165, 1.54) is 0 Å². The highest BCUT2D eigenvalue weighted by Crippen LogP contribution is 2.46. The molecular formula is C27H27N5O2. The standard InChI is InChI=1S/C27H27N5O2/c1-16-9-10-28-23(11-16)31-27(34)24-17(2)30-21-12-19(18-7-5-4-6-8-18)13-22(33)26(21)25(24)20-14-29-32(3)15-20/h4-11,14-15,19,24-25H,12-13H2,1-3H3,(H,28,31,34). The van der Waals surface area contributed by atoms with E-state index >= 15 is 0 Å². The zero-order chi connectivity index (χ0) is 23.8. The summed E-state index contributed by atoms with van der Waals surface area (Å²) >= 11 is 0. The number of ketones is 1. The Morgan fingerprint density at radius 1 is 1.09 bits per heavy atom.